The summed E-state index contributed by atoms with van der Waals surface area (Å²) < 4.78 is 5.08. The third-order valence-corrected chi connectivity index (χ3v) is 14.7. The topological polar surface area (TPSA) is 35.6 Å². The fourth-order valence-electron chi connectivity index (χ4n) is 11.8. The maximum absolute atomic E-state index is 4.72. The van der Waals surface area contributed by atoms with E-state index in [4.69, 9.17) is 9.97 Å². The molecule has 4 heteroatoms. The first-order chi connectivity index (χ1) is 31.6. The molecule has 2 aliphatic carbocycles. The first-order valence-corrected chi connectivity index (χ1v) is 22.6. The second-order valence-corrected chi connectivity index (χ2v) is 18.1. The molecule has 2 aliphatic rings. The summed E-state index contributed by atoms with van der Waals surface area (Å²) in [7, 11) is 0. The van der Waals surface area contributed by atoms with Gasteiger partial charge in [-0.2, -0.15) is 0 Å². The second-order valence-electron chi connectivity index (χ2n) is 18.1. The van der Waals surface area contributed by atoms with E-state index in [1.165, 1.54) is 132 Å². The van der Waals surface area contributed by atoms with Crippen molar-refractivity contribution in [2.45, 2.75) is 39.5 Å². The zero-order valence-corrected chi connectivity index (χ0v) is 35.8. The summed E-state index contributed by atoms with van der Waals surface area (Å²) in [5.74, 6) is 0. The van der Waals surface area contributed by atoms with E-state index in [1.807, 2.05) is 12.4 Å². The molecule has 302 valence electrons. The van der Waals surface area contributed by atoms with Crippen LogP contribution in [0.3, 0.4) is 0 Å². The molecule has 0 saturated carbocycles. The maximum Gasteiger partial charge on any atom is 0.0674 e. The Morgan fingerprint density at radius 2 is 0.859 bits per heavy atom. The second kappa shape index (κ2) is 13.3. The Bertz CT molecular complexity index is 3720. The normalized spacial score (nSPS) is 13.2. The molecule has 4 heterocycles. The van der Waals surface area contributed by atoms with Gasteiger partial charge in [-0.25, -0.2) is 0 Å². The summed E-state index contributed by atoms with van der Waals surface area (Å²) in [4.78, 5) is 9.43. The van der Waals surface area contributed by atoms with Gasteiger partial charge in [0.25, 0.3) is 0 Å². The van der Waals surface area contributed by atoms with Crippen molar-refractivity contribution in [3.63, 3.8) is 0 Å². The molecular weight excluding hydrogens is 777 g/mol. The molecule has 14 rings (SSSR count). The smallest absolute Gasteiger partial charge is 0.0674 e. The lowest BCUT2D eigenvalue weighted by Gasteiger charge is -2.31. The molecule has 0 radical (unpaired) electrons. The van der Waals surface area contributed by atoms with Crippen molar-refractivity contribution in [1.82, 2.24) is 19.1 Å². The summed E-state index contributed by atoms with van der Waals surface area (Å²) in [6.07, 6.45) is 11.9. The summed E-state index contributed by atoms with van der Waals surface area (Å²) in [5.41, 5.74) is 23.6. The van der Waals surface area contributed by atoms with Gasteiger partial charge in [0.05, 0.1) is 45.8 Å². The molecule has 64 heavy (non-hydrogen) atoms. The molecule has 8 aromatic carbocycles. The van der Waals surface area contributed by atoms with Crippen LogP contribution in [0.1, 0.15) is 33.4 Å². The highest BCUT2D eigenvalue weighted by Crippen LogP contribution is 2.52. The predicted molar refractivity (Wildman–Crippen MR) is 266 cm³/mol. The van der Waals surface area contributed by atoms with E-state index in [0.717, 1.165) is 37.1 Å². The molecule has 0 atom stereocenters. The molecule has 12 aromatic rings. The van der Waals surface area contributed by atoms with E-state index >= 15 is 0 Å². The van der Waals surface area contributed by atoms with E-state index in [1.54, 1.807) is 0 Å². The quantitative estimate of drug-likeness (QED) is 0.177. The largest absolute Gasteiger partial charge is 0.307 e. The Morgan fingerprint density at radius 3 is 1.33 bits per heavy atom. The lowest BCUT2D eigenvalue weighted by molar-refractivity contribution is 0.882. The molecule has 4 aromatic heterocycles. The summed E-state index contributed by atoms with van der Waals surface area (Å²) in [6.45, 7) is 4.44. The first kappa shape index (κ1) is 35.7. The molecule has 4 nitrogen and oxygen atoms in total. The molecular formula is C60H42N4. The number of aryl methyl sites for hydroxylation is 6. The van der Waals surface area contributed by atoms with Gasteiger partial charge >= 0.3 is 0 Å². The molecule has 0 N–H and O–H groups in total. The average molecular weight is 819 g/mol. The summed E-state index contributed by atoms with van der Waals surface area (Å²) in [6, 6.07) is 54.6. The van der Waals surface area contributed by atoms with Crippen molar-refractivity contribution in [1.29, 1.82) is 0 Å². The number of aromatic nitrogens is 4. The third kappa shape index (κ3) is 4.94. The number of fused-ring (bicyclic) bond motifs is 10. The highest BCUT2D eigenvalue weighted by molar-refractivity contribution is 6.17. The minimum Gasteiger partial charge on any atom is -0.307 e. The lowest BCUT2D eigenvalue weighted by atomic mass is 9.74. The van der Waals surface area contributed by atoms with Crippen LogP contribution in [0.2, 0.25) is 0 Å². The highest BCUT2D eigenvalue weighted by atomic mass is 15.0. The van der Waals surface area contributed by atoms with E-state index in [-0.39, 0.29) is 0 Å². The molecule has 0 unspecified atom stereocenters. The van der Waals surface area contributed by atoms with Gasteiger partial charge in [0.15, 0.2) is 0 Å². The zero-order valence-electron chi connectivity index (χ0n) is 35.8. The van der Waals surface area contributed by atoms with E-state index in [2.05, 4.69) is 181 Å². The Morgan fingerprint density at radius 1 is 0.406 bits per heavy atom. The molecule has 0 fully saturated rings. The third-order valence-electron chi connectivity index (χ3n) is 14.7. The number of hydrogen-bond acceptors (Lipinski definition) is 2. The van der Waals surface area contributed by atoms with Crippen LogP contribution in [0, 0.1) is 13.8 Å². The Balaban J connectivity index is 1.06. The van der Waals surface area contributed by atoms with E-state index in [0.29, 0.717) is 0 Å². The Labute approximate surface area is 370 Å². The van der Waals surface area contributed by atoms with Crippen LogP contribution in [0.25, 0.3) is 110 Å². The summed E-state index contributed by atoms with van der Waals surface area (Å²) >= 11 is 0. The highest BCUT2D eigenvalue weighted by Gasteiger charge is 2.33. The number of pyridine rings is 2. The minimum absolute atomic E-state index is 0.977. The Hall–Kier alpha value is -7.82. The van der Waals surface area contributed by atoms with Crippen LogP contribution in [0.15, 0.2) is 170 Å². The van der Waals surface area contributed by atoms with Crippen LogP contribution in [0.5, 0.6) is 0 Å². The number of rotatable bonds is 4. The molecule has 0 spiro atoms. The summed E-state index contributed by atoms with van der Waals surface area (Å²) in [5, 5.41) is 10.3. The van der Waals surface area contributed by atoms with Crippen molar-refractivity contribution in [2.24, 2.45) is 0 Å². The molecule has 0 saturated heterocycles. The van der Waals surface area contributed by atoms with Gasteiger partial charge in [0.2, 0.25) is 0 Å². The number of hydrogen-bond donors (Lipinski definition) is 0. The van der Waals surface area contributed by atoms with Gasteiger partial charge in [0, 0.05) is 33.9 Å². The van der Waals surface area contributed by atoms with Gasteiger partial charge in [-0.3, -0.25) is 9.97 Å². The lowest BCUT2D eigenvalue weighted by Crippen LogP contribution is -2.16. The Kier molecular flexibility index (Phi) is 7.45. The van der Waals surface area contributed by atoms with Crippen LogP contribution in [0.4, 0.5) is 0 Å². The van der Waals surface area contributed by atoms with Crippen molar-refractivity contribution in [3.8, 4) is 44.8 Å². The fourth-order valence-corrected chi connectivity index (χ4v) is 11.8. The SMILES string of the molecule is Cc1ccncc1-n1c2ccc(-c3cccc4ccccc34)cc2c2cc3c4c(c21)CCc1cc2c5cc(-c6cccc7ccccc67)ccc5n(-c5cnccc5C)c2c(c1-4)CC3. The molecule has 0 amide bonds. The van der Waals surface area contributed by atoms with Crippen molar-refractivity contribution in [3.05, 3.63) is 204 Å². The van der Waals surface area contributed by atoms with Crippen molar-refractivity contribution < 1.29 is 0 Å². The monoisotopic (exact) mass is 818 g/mol. The van der Waals surface area contributed by atoms with E-state index in [9.17, 15) is 0 Å². The molecule has 0 aliphatic heterocycles. The van der Waals surface area contributed by atoms with Crippen LogP contribution >= 0.6 is 0 Å². The first-order valence-electron chi connectivity index (χ1n) is 22.6. The van der Waals surface area contributed by atoms with Gasteiger partial charge in [0.1, 0.15) is 0 Å². The standard InChI is InChI=1S/C60H42N4/c1-35-25-27-61-33-55(35)63-53-23-19-39(45-15-7-11-37-9-3-5-13-43(37)45)29-49(53)51-31-41-18-22-48-58-42(17-21-47(57(41)58)59(51)63)32-52-50-30-40(46-16-8-12-38-10-4-6-14-44(38)46)20-24-54(50)64(60(48)52)56-34-62-28-26-36(56)2/h3-16,19-20,23-34H,17-18,21-22H2,1-2H3. The number of nitrogens with zero attached hydrogens (tertiary/aromatic N) is 4. The van der Waals surface area contributed by atoms with Crippen LogP contribution in [-0.2, 0) is 25.7 Å². The average Bonchev–Trinajstić information content (AvgIpc) is 3.84. The predicted octanol–water partition coefficient (Wildman–Crippen LogP) is 14.8. The van der Waals surface area contributed by atoms with Gasteiger partial charge in [-0.1, -0.05) is 97.1 Å². The van der Waals surface area contributed by atoms with E-state index < -0.39 is 0 Å². The van der Waals surface area contributed by atoms with Gasteiger partial charge in [-0.15, -0.1) is 0 Å². The van der Waals surface area contributed by atoms with Crippen LogP contribution in [-0.4, -0.2) is 19.1 Å². The zero-order chi connectivity index (χ0) is 42.2. The minimum atomic E-state index is 0.977. The number of benzene rings is 8. The molecule has 0 bridgehead atoms. The maximum atomic E-state index is 4.72. The fraction of sp³-hybridized carbons (Fsp3) is 0.100. The van der Waals surface area contributed by atoms with Crippen molar-refractivity contribution >= 4 is 65.2 Å². The van der Waals surface area contributed by atoms with Crippen molar-refractivity contribution in [2.75, 3.05) is 0 Å². The van der Waals surface area contributed by atoms with Gasteiger partial charge < -0.3 is 9.13 Å². The van der Waals surface area contributed by atoms with Gasteiger partial charge in [-0.05, 0) is 176 Å². The van der Waals surface area contributed by atoms with Crippen LogP contribution < -0.4 is 0 Å².